The second kappa shape index (κ2) is 18.3. The van der Waals surface area contributed by atoms with E-state index in [2.05, 4.69) is 8.92 Å². The fourth-order valence-corrected chi connectivity index (χ4v) is 0. The van der Waals surface area contributed by atoms with E-state index in [-0.39, 0.29) is 39.4 Å². The van der Waals surface area contributed by atoms with E-state index < -0.39 is 0 Å². The molecule has 0 rings (SSSR count). The first kappa shape index (κ1) is 16.2. The Labute approximate surface area is 69.6 Å². The van der Waals surface area contributed by atoms with Gasteiger partial charge in [0.2, 0.25) is 0 Å². The summed E-state index contributed by atoms with van der Waals surface area (Å²) in [5, 5.41) is 0. The van der Waals surface area contributed by atoms with Gasteiger partial charge in [0.05, 0.1) is 0 Å². The third-order valence-electron chi connectivity index (χ3n) is 0. The van der Waals surface area contributed by atoms with Crippen LogP contribution in [0.2, 0.25) is 0 Å². The Hall–Kier alpha value is 2.35. The summed E-state index contributed by atoms with van der Waals surface area (Å²) in [6.07, 6.45) is 0. The molecule has 0 aliphatic rings. The van der Waals surface area contributed by atoms with E-state index in [0.717, 1.165) is 22.4 Å². The molecule has 0 N–H and O–H groups in total. The Balaban J connectivity index is -0.00000000500. The predicted molar refractivity (Wildman–Crippen MR) is 14.7 cm³/mol. The molecule has 0 aliphatic carbocycles. The number of hydrogen-bond donors (Lipinski definition) is 0. The first-order valence-electron chi connectivity index (χ1n) is 0.289. The van der Waals surface area contributed by atoms with Gasteiger partial charge >= 0.3 is 31.3 Å². The van der Waals surface area contributed by atoms with Crippen molar-refractivity contribution < 1.29 is 39.4 Å². The van der Waals surface area contributed by atoms with E-state index in [0.29, 0.717) is 0 Å². The van der Waals surface area contributed by atoms with Crippen LogP contribution < -0.4 is 0 Å². The Morgan fingerprint density at radius 1 is 1.25 bits per heavy atom. The summed E-state index contributed by atoms with van der Waals surface area (Å²) in [6.45, 7) is 0. The van der Waals surface area contributed by atoms with Gasteiger partial charge in [0.15, 0.2) is 0 Å². The molecule has 0 spiro atoms. The summed E-state index contributed by atoms with van der Waals surface area (Å²) in [7, 11) is 4.25. The van der Waals surface area contributed by atoms with Gasteiger partial charge in [-0.05, 0) is 0 Å². The van der Waals surface area contributed by atoms with Crippen LogP contribution in [0.4, 0.5) is 0 Å². The van der Waals surface area contributed by atoms with Gasteiger partial charge < -0.3 is 0 Å². The van der Waals surface area contributed by atoms with Gasteiger partial charge in [-0.1, -0.05) is 0 Å². The van der Waals surface area contributed by atoms with Crippen LogP contribution in [-0.2, 0) is 39.4 Å². The molecular weight excluding hydrogens is 318 g/mol. The van der Waals surface area contributed by atoms with Gasteiger partial charge in [0.1, 0.15) is 0 Å². The third-order valence-corrected chi connectivity index (χ3v) is 0. The summed E-state index contributed by atoms with van der Waals surface area (Å²) < 4.78 is 0. The summed E-state index contributed by atoms with van der Waals surface area (Å²) in [5.74, 6) is 0. The molecule has 0 fully saturated rings. The van der Waals surface area contributed by atoms with Crippen LogP contribution in [-0.4, -0.2) is 22.4 Å². The van der Waals surface area contributed by atoms with E-state index in [1.54, 1.807) is 0 Å². The van der Waals surface area contributed by atoms with Crippen molar-refractivity contribution >= 4 is 31.3 Å². The molecule has 2 radical (unpaired) electrons. The van der Waals surface area contributed by atoms with Crippen molar-refractivity contribution in [1.29, 1.82) is 0 Å². The molecule has 0 unspecified atom stereocenters. The second-order valence-corrected chi connectivity index (χ2v) is 0. The zero-order valence-electron chi connectivity index (χ0n) is 1.72. The summed E-state index contributed by atoms with van der Waals surface area (Å²) in [6, 6.07) is 0. The van der Waals surface area contributed by atoms with E-state index >= 15 is 0 Å². The molecule has 0 amide bonds. The quantitative estimate of drug-likeness (QED) is 0.566. The molecule has 4 heteroatoms. The van der Waals surface area contributed by atoms with Crippen molar-refractivity contribution in [2.24, 2.45) is 0 Å². The van der Waals surface area contributed by atoms with E-state index in [1.807, 2.05) is 0 Å². The molecule has 0 aromatic heterocycles. The van der Waals surface area contributed by atoms with Crippen molar-refractivity contribution in [2.45, 2.75) is 0 Å². The first-order chi connectivity index (χ1) is 1.00. The predicted octanol–water partition coefficient (Wildman–Crippen LogP) is -0.00530. The van der Waals surface area contributed by atoms with Gasteiger partial charge in [0.25, 0.3) is 0 Å². The van der Waals surface area contributed by atoms with Crippen LogP contribution in [0.1, 0.15) is 0 Å². The molecule has 32 valence electrons. The maximum atomic E-state index is 4.25. The van der Waals surface area contributed by atoms with Crippen molar-refractivity contribution in [3.8, 4) is 0 Å². The summed E-state index contributed by atoms with van der Waals surface area (Å²) in [4.78, 5) is 0. The molecule has 0 aliphatic heterocycles. The molecule has 0 aromatic rings. The van der Waals surface area contributed by atoms with Gasteiger partial charge in [-0.25, -0.2) is 0 Å². The van der Waals surface area contributed by atoms with Gasteiger partial charge in [-0.15, -0.1) is 0 Å². The van der Waals surface area contributed by atoms with Crippen LogP contribution >= 0.6 is 8.92 Å². The minimum atomic E-state index is 0. The average molecular weight is 319 g/mol. The fourth-order valence-electron chi connectivity index (χ4n) is 0. The van der Waals surface area contributed by atoms with Crippen LogP contribution in [0, 0.1) is 0 Å². The maximum absolute atomic E-state index is 4.25. The van der Waals surface area contributed by atoms with Gasteiger partial charge in [-0.2, -0.15) is 0 Å². The van der Waals surface area contributed by atoms with Crippen molar-refractivity contribution in [2.75, 3.05) is 0 Å². The number of rotatable bonds is 0. The Morgan fingerprint density at radius 3 is 1.25 bits per heavy atom. The van der Waals surface area contributed by atoms with Crippen LogP contribution in [0.25, 0.3) is 0 Å². The van der Waals surface area contributed by atoms with E-state index in [1.165, 1.54) is 0 Å². The summed E-state index contributed by atoms with van der Waals surface area (Å²) in [5.41, 5.74) is 0. The normalized spacial score (nSPS) is 0.750. The van der Waals surface area contributed by atoms with Crippen LogP contribution in [0.3, 0.4) is 0 Å². The molecule has 0 saturated carbocycles. The SMILES string of the molecule is [Ag].[Cu].[S]=[InH]. The summed E-state index contributed by atoms with van der Waals surface area (Å²) >= 11 is 0.733. The van der Waals surface area contributed by atoms with E-state index in [9.17, 15) is 0 Å². The molecular formula is HAgCuInS. The average Bonchev–Trinajstić information content (AvgIpc) is 1.00. The Morgan fingerprint density at radius 2 is 1.25 bits per heavy atom. The third kappa shape index (κ3) is 8.84. The molecule has 0 nitrogen and oxygen atoms in total. The molecule has 0 saturated heterocycles. The zero-order chi connectivity index (χ0) is 2.00. The molecule has 0 atom stereocenters. The van der Waals surface area contributed by atoms with Crippen LogP contribution in [0.15, 0.2) is 0 Å². The van der Waals surface area contributed by atoms with Crippen LogP contribution in [0.5, 0.6) is 0 Å². The van der Waals surface area contributed by atoms with Gasteiger partial charge in [-0.3, -0.25) is 0 Å². The minimum absolute atomic E-state index is 0. The monoisotopic (exact) mass is 318 g/mol. The second-order valence-electron chi connectivity index (χ2n) is 0. The Kier molecular flexibility index (Phi) is 74.2. The van der Waals surface area contributed by atoms with Crippen molar-refractivity contribution in [3.63, 3.8) is 0 Å². The molecule has 0 bridgehead atoms. The first-order valence-corrected chi connectivity index (χ1v) is 5.81. The van der Waals surface area contributed by atoms with Gasteiger partial charge in [0, 0.05) is 39.4 Å². The zero-order valence-corrected chi connectivity index (χ0v) is 9.00. The topological polar surface area (TPSA) is 0 Å². The van der Waals surface area contributed by atoms with Crippen molar-refractivity contribution in [3.05, 3.63) is 0 Å². The molecule has 0 heterocycles. The van der Waals surface area contributed by atoms with E-state index in [4.69, 9.17) is 0 Å². The molecule has 4 heavy (non-hydrogen) atoms. The van der Waals surface area contributed by atoms with Crippen molar-refractivity contribution in [1.82, 2.24) is 0 Å². The number of hydrogen-bond acceptors (Lipinski definition) is 1. The fraction of sp³-hybridized carbons (Fsp3) is 0. The standard InChI is InChI=1S/Ag.Cu.In.S.H. The molecule has 0 aromatic carbocycles. The Bertz CT molecular complexity index is 8.00.